The van der Waals surface area contributed by atoms with E-state index in [9.17, 15) is 14.4 Å². The molecule has 0 radical (unpaired) electrons. The molecule has 0 saturated heterocycles. The summed E-state index contributed by atoms with van der Waals surface area (Å²) in [5.74, 6) is -0.592. The van der Waals surface area contributed by atoms with Gasteiger partial charge >= 0.3 is 0 Å². The Morgan fingerprint density at radius 3 is 2.54 bits per heavy atom. The Kier molecular flexibility index (Phi) is 5.72. The summed E-state index contributed by atoms with van der Waals surface area (Å²) in [6.07, 6.45) is 0.918. The van der Waals surface area contributed by atoms with Gasteiger partial charge in [0, 0.05) is 42.0 Å². The van der Waals surface area contributed by atoms with E-state index in [1.54, 1.807) is 24.3 Å². The lowest BCUT2D eigenvalue weighted by Crippen LogP contribution is -2.39. The lowest BCUT2D eigenvalue weighted by molar-refractivity contribution is 0.0908. The quantitative estimate of drug-likeness (QED) is 0.780. The monoisotopic (exact) mass is 402 g/mol. The largest absolute Gasteiger partial charge is 0.383 e. The zero-order chi connectivity index (χ0) is 20.5. The van der Waals surface area contributed by atoms with E-state index < -0.39 is 11.5 Å². The summed E-state index contributed by atoms with van der Waals surface area (Å²) in [6.45, 7) is 4.59. The first-order valence-electron chi connectivity index (χ1n) is 9.09. The molecule has 28 heavy (non-hydrogen) atoms. The van der Waals surface area contributed by atoms with Crippen molar-refractivity contribution in [1.82, 2.24) is 9.88 Å². The number of rotatable bonds is 5. The molecular formula is C21H23ClN2O4. The number of Topliss-reactive ketones (excluding diaryl/α,β-unsaturated/α-hetero) is 1. The highest BCUT2D eigenvalue weighted by Crippen LogP contribution is 2.35. The van der Waals surface area contributed by atoms with E-state index in [1.165, 1.54) is 17.7 Å². The van der Waals surface area contributed by atoms with Crippen LogP contribution >= 0.6 is 11.6 Å². The fraction of sp³-hybridized carbons (Fsp3) is 0.381. The Balaban J connectivity index is 2.20. The molecule has 1 heterocycles. The molecule has 1 amide bonds. The molecule has 0 fully saturated rings. The predicted molar refractivity (Wildman–Crippen MR) is 108 cm³/mol. The van der Waals surface area contributed by atoms with E-state index in [0.717, 1.165) is 0 Å². The number of carbonyl (C=O) groups excluding carboxylic acids is 2. The number of benzene rings is 1. The van der Waals surface area contributed by atoms with Crippen LogP contribution in [0.15, 0.2) is 35.1 Å². The normalized spacial score (nSPS) is 15.2. The first-order chi connectivity index (χ1) is 13.2. The molecule has 0 unspecified atom stereocenters. The lowest BCUT2D eigenvalue weighted by Gasteiger charge is -2.32. The van der Waals surface area contributed by atoms with Crippen LogP contribution in [-0.4, -0.2) is 36.5 Å². The van der Waals surface area contributed by atoms with Gasteiger partial charge < -0.3 is 10.1 Å². The second-order valence-corrected chi connectivity index (χ2v) is 8.16. The predicted octanol–water partition coefficient (Wildman–Crippen LogP) is 3.02. The molecule has 1 aromatic carbocycles. The van der Waals surface area contributed by atoms with Gasteiger partial charge in [-0.05, 0) is 42.2 Å². The van der Waals surface area contributed by atoms with Gasteiger partial charge in [-0.25, -0.2) is 0 Å². The molecular weight excluding hydrogens is 380 g/mol. The number of nitrogens with zero attached hydrogens (tertiary/aromatic N) is 1. The number of aromatic nitrogens is 1. The molecule has 0 aliphatic heterocycles. The highest BCUT2D eigenvalue weighted by atomic mass is 35.5. The van der Waals surface area contributed by atoms with Crippen molar-refractivity contribution in [2.45, 2.75) is 26.7 Å². The number of halogens is 1. The highest BCUT2D eigenvalue weighted by molar-refractivity contribution is 6.30. The Hall–Kier alpha value is -2.44. The van der Waals surface area contributed by atoms with Crippen molar-refractivity contribution in [3.8, 4) is 5.69 Å². The molecule has 0 saturated carbocycles. The first-order valence-corrected chi connectivity index (χ1v) is 9.46. The minimum atomic E-state index is -0.523. The lowest BCUT2D eigenvalue weighted by atomic mass is 9.75. The van der Waals surface area contributed by atoms with Crippen LogP contribution in [0.3, 0.4) is 0 Å². The SMILES string of the molecule is COCCNC(=O)c1cc2c(n(-c3ccc(Cl)cc3)c1=O)CC(C)(C)CC2=O. The summed E-state index contributed by atoms with van der Waals surface area (Å²) in [5, 5.41) is 3.19. The summed E-state index contributed by atoms with van der Waals surface area (Å²) >= 11 is 5.99. The fourth-order valence-electron chi connectivity index (χ4n) is 3.50. The number of pyridine rings is 1. The third kappa shape index (κ3) is 4.03. The van der Waals surface area contributed by atoms with Crippen LogP contribution in [0.25, 0.3) is 5.69 Å². The summed E-state index contributed by atoms with van der Waals surface area (Å²) in [4.78, 5) is 38.6. The molecule has 1 N–H and O–H groups in total. The Bertz CT molecular complexity index is 977. The van der Waals surface area contributed by atoms with Gasteiger partial charge in [0.05, 0.1) is 6.61 Å². The van der Waals surface area contributed by atoms with Crippen molar-refractivity contribution < 1.29 is 14.3 Å². The number of hydrogen-bond acceptors (Lipinski definition) is 4. The topological polar surface area (TPSA) is 77.4 Å². The first kappa shape index (κ1) is 20.3. The minimum absolute atomic E-state index is 0.0575. The van der Waals surface area contributed by atoms with Gasteiger partial charge in [-0.15, -0.1) is 0 Å². The van der Waals surface area contributed by atoms with Crippen molar-refractivity contribution in [2.75, 3.05) is 20.3 Å². The molecule has 1 aliphatic carbocycles. The van der Waals surface area contributed by atoms with Gasteiger partial charge in [0.25, 0.3) is 11.5 Å². The van der Waals surface area contributed by atoms with Crippen molar-refractivity contribution in [1.29, 1.82) is 0 Å². The van der Waals surface area contributed by atoms with E-state index in [4.69, 9.17) is 16.3 Å². The zero-order valence-corrected chi connectivity index (χ0v) is 16.9. The van der Waals surface area contributed by atoms with Crippen LogP contribution in [-0.2, 0) is 11.2 Å². The van der Waals surface area contributed by atoms with Crippen LogP contribution in [0.5, 0.6) is 0 Å². The second-order valence-electron chi connectivity index (χ2n) is 7.73. The maximum Gasteiger partial charge on any atom is 0.268 e. The second kappa shape index (κ2) is 7.89. The van der Waals surface area contributed by atoms with Gasteiger partial charge in [0.1, 0.15) is 5.56 Å². The third-order valence-corrected chi connectivity index (χ3v) is 5.06. The van der Waals surface area contributed by atoms with Crippen LogP contribution in [0.4, 0.5) is 0 Å². The molecule has 6 nitrogen and oxygen atoms in total. The van der Waals surface area contributed by atoms with Gasteiger partial charge in [0.2, 0.25) is 0 Å². The van der Waals surface area contributed by atoms with E-state index in [-0.39, 0.29) is 23.3 Å². The van der Waals surface area contributed by atoms with E-state index in [1.807, 2.05) is 13.8 Å². The number of ketones is 1. The van der Waals surface area contributed by atoms with Crippen LogP contribution in [0.2, 0.25) is 5.02 Å². The summed E-state index contributed by atoms with van der Waals surface area (Å²) < 4.78 is 6.40. The summed E-state index contributed by atoms with van der Waals surface area (Å²) in [7, 11) is 1.53. The average molecular weight is 403 g/mol. The van der Waals surface area contributed by atoms with Crippen molar-refractivity contribution >= 4 is 23.3 Å². The van der Waals surface area contributed by atoms with Crippen molar-refractivity contribution in [3.63, 3.8) is 0 Å². The molecule has 7 heteroatoms. The van der Waals surface area contributed by atoms with Crippen LogP contribution < -0.4 is 10.9 Å². The number of ether oxygens (including phenoxy) is 1. The van der Waals surface area contributed by atoms with Gasteiger partial charge in [0.15, 0.2) is 5.78 Å². The molecule has 2 aromatic rings. The van der Waals surface area contributed by atoms with E-state index >= 15 is 0 Å². The van der Waals surface area contributed by atoms with E-state index in [0.29, 0.717) is 41.4 Å². The summed E-state index contributed by atoms with van der Waals surface area (Å²) in [5.41, 5.74) is 0.835. The number of methoxy groups -OCH3 is 1. The minimum Gasteiger partial charge on any atom is -0.383 e. The standard InChI is InChI=1S/C21H23ClN2O4/c1-21(2)11-17-15(18(25)12-21)10-16(19(26)23-8-9-28-3)20(27)24(17)14-6-4-13(22)5-7-14/h4-7,10H,8-9,11-12H2,1-3H3,(H,23,26). The van der Waals surface area contributed by atoms with Crippen LogP contribution in [0.1, 0.15) is 46.7 Å². The van der Waals surface area contributed by atoms with Crippen LogP contribution in [0, 0.1) is 5.41 Å². The number of hydrogen-bond donors (Lipinski definition) is 1. The summed E-state index contributed by atoms with van der Waals surface area (Å²) in [6, 6.07) is 8.21. The number of fused-ring (bicyclic) bond motifs is 1. The fourth-order valence-corrected chi connectivity index (χ4v) is 3.63. The Morgan fingerprint density at radius 1 is 1.21 bits per heavy atom. The number of nitrogens with one attached hydrogen (secondary N) is 1. The molecule has 0 bridgehead atoms. The molecule has 148 valence electrons. The maximum absolute atomic E-state index is 13.2. The molecule has 0 spiro atoms. The molecule has 0 atom stereocenters. The third-order valence-electron chi connectivity index (χ3n) is 4.81. The zero-order valence-electron chi connectivity index (χ0n) is 16.2. The Labute approximate surface area is 168 Å². The van der Waals surface area contributed by atoms with E-state index in [2.05, 4.69) is 5.32 Å². The average Bonchev–Trinajstić information content (AvgIpc) is 2.62. The maximum atomic E-state index is 13.2. The van der Waals surface area contributed by atoms with Gasteiger partial charge in [-0.1, -0.05) is 25.4 Å². The molecule has 1 aliphatic rings. The van der Waals surface area contributed by atoms with Crippen molar-refractivity contribution in [3.05, 3.63) is 62.5 Å². The number of carbonyl (C=O) groups is 2. The Morgan fingerprint density at radius 2 is 1.89 bits per heavy atom. The highest BCUT2D eigenvalue weighted by Gasteiger charge is 2.35. The van der Waals surface area contributed by atoms with Gasteiger partial charge in [-0.3, -0.25) is 19.0 Å². The molecule has 3 rings (SSSR count). The molecule has 1 aromatic heterocycles. The smallest absolute Gasteiger partial charge is 0.268 e. The number of amides is 1. The van der Waals surface area contributed by atoms with Crippen molar-refractivity contribution in [2.24, 2.45) is 5.41 Å². The van der Waals surface area contributed by atoms with Gasteiger partial charge in [-0.2, -0.15) is 0 Å².